The summed E-state index contributed by atoms with van der Waals surface area (Å²) in [7, 11) is 1.81. The van der Waals surface area contributed by atoms with Gasteiger partial charge in [-0.3, -0.25) is 4.68 Å². The SMILES string of the molecule is Cn1cnc(Cn2cnc3cc(C(=O)O)ccc32)n1. The molecule has 2 aromatic heterocycles. The Morgan fingerprint density at radius 1 is 1.32 bits per heavy atom. The lowest BCUT2D eigenvalue weighted by atomic mass is 10.2. The summed E-state index contributed by atoms with van der Waals surface area (Å²) in [5.41, 5.74) is 1.74. The highest BCUT2D eigenvalue weighted by atomic mass is 16.4. The first-order chi connectivity index (χ1) is 9.13. The van der Waals surface area contributed by atoms with E-state index in [0.717, 1.165) is 5.52 Å². The first-order valence-corrected chi connectivity index (χ1v) is 5.66. The number of nitrogens with zero attached hydrogens (tertiary/aromatic N) is 5. The van der Waals surface area contributed by atoms with Crippen LogP contribution in [0.5, 0.6) is 0 Å². The van der Waals surface area contributed by atoms with Crippen LogP contribution in [0.4, 0.5) is 0 Å². The van der Waals surface area contributed by atoms with Crippen molar-refractivity contribution < 1.29 is 9.90 Å². The highest BCUT2D eigenvalue weighted by molar-refractivity contribution is 5.92. The van der Waals surface area contributed by atoms with E-state index in [4.69, 9.17) is 5.11 Å². The number of aromatic carboxylic acids is 1. The van der Waals surface area contributed by atoms with Crippen molar-refractivity contribution in [1.82, 2.24) is 24.3 Å². The van der Waals surface area contributed by atoms with Crippen molar-refractivity contribution in [3.63, 3.8) is 0 Å². The van der Waals surface area contributed by atoms with Crippen LogP contribution < -0.4 is 0 Å². The standard InChI is InChI=1S/C12H11N5O2/c1-16-6-14-11(15-16)5-17-7-13-9-4-8(12(18)19)2-3-10(9)17/h2-4,6-7H,5H2,1H3,(H,18,19). The Kier molecular flexibility index (Phi) is 2.52. The monoisotopic (exact) mass is 257 g/mol. The summed E-state index contributed by atoms with van der Waals surface area (Å²) in [6, 6.07) is 4.86. The van der Waals surface area contributed by atoms with Gasteiger partial charge in [-0.05, 0) is 18.2 Å². The summed E-state index contributed by atoms with van der Waals surface area (Å²) in [5.74, 6) is -0.271. The molecule has 3 aromatic rings. The van der Waals surface area contributed by atoms with Gasteiger partial charge >= 0.3 is 5.97 Å². The molecule has 19 heavy (non-hydrogen) atoms. The molecule has 0 amide bonds. The zero-order valence-corrected chi connectivity index (χ0v) is 10.2. The Bertz CT molecular complexity index is 758. The first kappa shape index (κ1) is 11.4. The highest BCUT2D eigenvalue weighted by Gasteiger charge is 2.09. The molecular formula is C12H11N5O2. The number of carbonyl (C=O) groups is 1. The van der Waals surface area contributed by atoms with Gasteiger partial charge in [0.15, 0.2) is 5.82 Å². The molecule has 0 radical (unpaired) electrons. The van der Waals surface area contributed by atoms with Gasteiger partial charge in [0.2, 0.25) is 0 Å². The smallest absolute Gasteiger partial charge is 0.335 e. The lowest BCUT2D eigenvalue weighted by Gasteiger charge is -2.01. The molecule has 1 aromatic carbocycles. The number of benzene rings is 1. The van der Waals surface area contributed by atoms with Gasteiger partial charge in [0.1, 0.15) is 6.33 Å². The number of carboxylic acids is 1. The number of aryl methyl sites for hydroxylation is 1. The van der Waals surface area contributed by atoms with E-state index in [1.54, 1.807) is 35.5 Å². The molecule has 0 saturated carbocycles. The quantitative estimate of drug-likeness (QED) is 0.753. The predicted molar refractivity (Wildman–Crippen MR) is 66.8 cm³/mol. The molecule has 96 valence electrons. The molecule has 0 aliphatic rings. The molecule has 0 aliphatic heterocycles. The summed E-state index contributed by atoms with van der Waals surface area (Å²) in [6.45, 7) is 0.504. The lowest BCUT2D eigenvalue weighted by molar-refractivity contribution is 0.0697. The van der Waals surface area contributed by atoms with Gasteiger partial charge in [0, 0.05) is 7.05 Å². The minimum atomic E-state index is -0.956. The van der Waals surface area contributed by atoms with Crippen LogP contribution in [0, 0.1) is 0 Å². The second-order valence-corrected chi connectivity index (χ2v) is 4.22. The van der Waals surface area contributed by atoms with Crippen LogP contribution in [0.2, 0.25) is 0 Å². The van der Waals surface area contributed by atoms with Crippen LogP contribution in [-0.4, -0.2) is 35.4 Å². The lowest BCUT2D eigenvalue weighted by Crippen LogP contribution is -2.01. The van der Waals surface area contributed by atoms with Crippen LogP contribution >= 0.6 is 0 Å². The Morgan fingerprint density at radius 3 is 2.84 bits per heavy atom. The number of aromatic nitrogens is 5. The summed E-state index contributed by atoms with van der Waals surface area (Å²) in [6.07, 6.45) is 3.30. The van der Waals surface area contributed by atoms with Crippen LogP contribution in [0.1, 0.15) is 16.2 Å². The maximum Gasteiger partial charge on any atom is 0.335 e. The number of hydrogen-bond donors (Lipinski definition) is 1. The molecule has 1 N–H and O–H groups in total. The van der Waals surface area contributed by atoms with E-state index in [1.165, 1.54) is 0 Å². The van der Waals surface area contributed by atoms with Gasteiger partial charge in [-0.1, -0.05) is 0 Å². The fraction of sp³-hybridized carbons (Fsp3) is 0.167. The molecule has 7 nitrogen and oxygen atoms in total. The second-order valence-electron chi connectivity index (χ2n) is 4.22. The van der Waals surface area contributed by atoms with Crippen molar-refractivity contribution in [2.45, 2.75) is 6.54 Å². The number of imidazole rings is 1. The molecule has 7 heteroatoms. The van der Waals surface area contributed by atoms with Crippen LogP contribution in [0.3, 0.4) is 0 Å². The predicted octanol–water partition coefficient (Wildman–Crippen LogP) is 0.911. The van der Waals surface area contributed by atoms with E-state index in [0.29, 0.717) is 17.9 Å². The van der Waals surface area contributed by atoms with Crippen LogP contribution in [0.25, 0.3) is 11.0 Å². The zero-order valence-electron chi connectivity index (χ0n) is 10.2. The molecule has 0 spiro atoms. The molecule has 0 unspecified atom stereocenters. The molecule has 0 atom stereocenters. The Hall–Kier alpha value is -2.70. The fourth-order valence-corrected chi connectivity index (χ4v) is 1.93. The van der Waals surface area contributed by atoms with Crippen molar-refractivity contribution in [1.29, 1.82) is 0 Å². The maximum atomic E-state index is 10.9. The minimum Gasteiger partial charge on any atom is -0.478 e. The first-order valence-electron chi connectivity index (χ1n) is 5.66. The third kappa shape index (κ3) is 2.05. The molecule has 2 heterocycles. The van der Waals surface area contributed by atoms with Gasteiger partial charge in [0.25, 0.3) is 0 Å². The Labute approximate surface area is 108 Å². The van der Waals surface area contributed by atoms with E-state index < -0.39 is 5.97 Å². The van der Waals surface area contributed by atoms with E-state index >= 15 is 0 Å². The maximum absolute atomic E-state index is 10.9. The van der Waals surface area contributed by atoms with E-state index in [-0.39, 0.29) is 5.56 Å². The average molecular weight is 257 g/mol. The fourth-order valence-electron chi connectivity index (χ4n) is 1.93. The van der Waals surface area contributed by atoms with Crippen LogP contribution in [0.15, 0.2) is 30.9 Å². The van der Waals surface area contributed by atoms with Gasteiger partial charge in [-0.2, -0.15) is 5.10 Å². The van der Waals surface area contributed by atoms with Gasteiger partial charge in [0.05, 0.1) is 29.5 Å². The molecule has 0 saturated heterocycles. The van der Waals surface area contributed by atoms with Crippen molar-refractivity contribution >= 4 is 17.0 Å². The largest absolute Gasteiger partial charge is 0.478 e. The van der Waals surface area contributed by atoms with E-state index in [2.05, 4.69) is 15.1 Å². The number of hydrogen-bond acceptors (Lipinski definition) is 4. The minimum absolute atomic E-state index is 0.230. The number of fused-ring (bicyclic) bond motifs is 1. The van der Waals surface area contributed by atoms with Gasteiger partial charge in [-0.25, -0.2) is 14.8 Å². The molecule has 0 fully saturated rings. The van der Waals surface area contributed by atoms with Crippen molar-refractivity contribution in [3.05, 3.63) is 42.2 Å². The normalized spacial score (nSPS) is 11.0. The van der Waals surface area contributed by atoms with Crippen LogP contribution in [-0.2, 0) is 13.6 Å². The molecule has 0 aliphatic carbocycles. The third-order valence-electron chi connectivity index (χ3n) is 2.83. The molecular weight excluding hydrogens is 246 g/mol. The Morgan fingerprint density at radius 2 is 2.16 bits per heavy atom. The Balaban J connectivity index is 1.99. The van der Waals surface area contributed by atoms with Crippen molar-refractivity contribution in [2.24, 2.45) is 7.05 Å². The molecule has 3 rings (SSSR count). The third-order valence-corrected chi connectivity index (χ3v) is 2.83. The van der Waals surface area contributed by atoms with Gasteiger partial charge in [-0.15, -0.1) is 0 Å². The summed E-state index contributed by atoms with van der Waals surface area (Å²) < 4.78 is 3.52. The molecule has 0 bridgehead atoms. The van der Waals surface area contributed by atoms with E-state index in [9.17, 15) is 4.79 Å². The topological polar surface area (TPSA) is 85.8 Å². The summed E-state index contributed by atoms with van der Waals surface area (Å²) >= 11 is 0. The number of rotatable bonds is 3. The summed E-state index contributed by atoms with van der Waals surface area (Å²) in [5, 5.41) is 13.1. The summed E-state index contributed by atoms with van der Waals surface area (Å²) in [4.78, 5) is 19.2. The van der Waals surface area contributed by atoms with Crippen molar-refractivity contribution in [3.8, 4) is 0 Å². The number of carboxylic acid groups (broad SMARTS) is 1. The van der Waals surface area contributed by atoms with Crippen molar-refractivity contribution in [2.75, 3.05) is 0 Å². The van der Waals surface area contributed by atoms with E-state index in [1.807, 2.05) is 11.6 Å². The van der Waals surface area contributed by atoms with Gasteiger partial charge < -0.3 is 9.67 Å². The second kappa shape index (κ2) is 4.20. The zero-order chi connectivity index (χ0) is 13.4. The highest BCUT2D eigenvalue weighted by Crippen LogP contribution is 2.15. The average Bonchev–Trinajstić information content (AvgIpc) is 2.96.